The largest absolute Gasteiger partial charge is 0.466 e. The van der Waals surface area contributed by atoms with E-state index in [2.05, 4.69) is 24.3 Å². The van der Waals surface area contributed by atoms with Gasteiger partial charge in [-0.2, -0.15) is 0 Å². The van der Waals surface area contributed by atoms with Crippen LogP contribution in [0.3, 0.4) is 0 Å². The van der Waals surface area contributed by atoms with Crippen LogP contribution in [-0.4, -0.2) is 12.6 Å². The van der Waals surface area contributed by atoms with E-state index in [9.17, 15) is 4.79 Å². The van der Waals surface area contributed by atoms with E-state index in [1.165, 1.54) is 11.1 Å². The van der Waals surface area contributed by atoms with Crippen LogP contribution in [0.1, 0.15) is 24.0 Å². The lowest BCUT2D eigenvalue weighted by Crippen LogP contribution is -2.10. The lowest BCUT2D eigenvalue weighted by Gasteiger charge is -2.06. The Kier molecular flexibility index (Phi) is 1.84. The van der Waals surface area contributed by atoms with Gasteiger partial charge in [0, 0.05) is 5.92 Å². The number of carbonyl (C=O) groups excluding carboxylic acids is 1. The summed E-state index contributed by atoms with van der Waals surface area (Å²) in [5.41, 5.74) is 2.80. The Morgan fingerprint density at radius 2 is 2.27 bits per heavy atom. The van der Waals surface area contributed by atoms with Gasteiger partial charge in [0.25, 0.3) is 0 Å². The van der Waals surface area contributed by atoms with Gasteiger partial charge in [-0.3, -0.25) is 4.79 Å². The Bertz CT molecular complexity index is 411. The van der Waals surface area contributed by atoms with E-state index >= 15 is 0 Å². The lowest BCUT2D eigenvalue weighted by atomic mass is 10.0. The summed E-state index contributed by atoms with van der Waals surface area (Å²) in [4.78, 5) is 11.6. The van der Waals surface area contributed by atoms with E-state index in [1.807, 2.05) is 6.92 Å². The summed E-state index contributed by atoms with van der Waals surface area (Å²) in [6, 6.07) is 8.45. The molecular formula is C13H14O2. The molecule has 15 heavy (non-hydrogen) atoms. The average Bonchev–Trinajstić information content (AvgIpc) is 2.83. The molecule has 0 radical (unpaired) electrons. The van der Waals surface area contributed by atoms with Gasteiger partial charge in [-0.15, -0.1) is 0 Å². The molecule has 1 unspecified atom stereocenters. The van der Waals surface area contributed by atoms with Gasteiger partial charge in [0.1, 0.15) is 0 Å². The SMILES string of the molecule is CCOC(=O)C1[C@H]2Cc3ccccc3[C@@H]12. The topological polar surface area (TPSA) is 26.3 Å². The van der Waals surface area contributed by atoms with Crippen molar-refractivity contribution in [3.05, 3.63) is 35.4 Å². The summed E-state index contributed by atoms with van der Waals surface area (Å²) in [5.74, 6) is 1.14. The molecule has 3 rings (SSSR count). The van der Waals surface area contributed by atoms with Gasteiger partial charge in [0.15, 0.2) is 0 Å². The van der Waals surface area contributed by atoms with Crippen LogP contribution in [0.2, 0.25) is 0 Å². The quantitative estimate of drug-likeness (QED) is 0.687. The maximum Gasteiger partial charge on any atom is 0.309 e. The summed E-state index contributed by atoms with van der Waals surface area (Å²) >= 11 is 0. The number of ether oxygens (including phenoxy) is 1. The van der Waals surface area contributed by atoms with Crippen molar-refractivity contribution in [2.75, 3.05) is 6.61 Å². The number of rotatable bonds is 2. The highest BCUT2D eigenvalue weighted by Crippen LogP contribution is 2.61. The summed E-state index contributed by atoms with van der Waals surface area (Å²) in [5, 5.41) is 0. The third-order valence-electron chi connectivity index (χ3n) is 3.60. The number of esters is 1. The summed E-state index contributed by atoms with van der Waals surface area (Å²) in [6.45, 7) is 2.36. The third kappa shape index (κ3) is 1.21. The van der Waals surface area contributed by atoms with Crippen LogP contribution >= 0.6 is 0 Å². The van der Waals surface area contributed by atoms with Crippen LogP contribution in [-0.2, 0) is 16.0 Å². The Morgan fingerprint density at radius 1 is 1.47 bits per heavy atom. The molecule has 2 aliphatic carbocycles. The number of hydrogen-bond donors (Lipinski definition) is 0. The van der Waals surface area contributed by atoms with Gasteiger partial charge >= 0.3 is 5.97 Å². The van der Waals surface area contributed by atoms with Crippen molar-refractivity contribution in [3.8, 4) is 0 Å². The van der Waals surface area contributed by atoms with Crippen LogP contribution in [0.25, 0.3) is 0 Å². The first-order valence-electron chi connectivity index (χ1n) is 5.57. The zero-order valence-corrected chi connectivity index (χ0v) is 8.77. The number of hydrogen-bond acceptors (Lipinski definition) is 2. The molecule has 0 amide bonds. The Morgan fingerprint density at radius 3 is 3.07 bits per heavy atom. The number of carbonyl (C=O) groups is 1. The van der Waals surface area contributed by atoms with Crippen molar-refractivity contribution in [1.82, 2.24) is 0 Å². The van der Waals surface area contributed by atoms with Crippen LogP contribution in [0.4, 0.5) is 0 Å². The molecule has 78 valence electrons. The van der Waals surface area contributed by atoms with Crippen molar-refractivity contribution < 1.29 is 9.53 Å². The molecule has 1 saturated carbocycles. The second-order valence-corrected chi connectivity index (χ2v) is 4.37. The van der Waals surface area contributed by atoms with Gasteiger partial charge < -0.3 is 4.74 Å². The molecule has 2 heteroatoms. The Hall–Kier alpha value is -1.31. The van der Waals surface area contributed by atoms with E-state index in [0.717, 1.165) is 6.42 Å². The first-order chi connectivity index (χ1) is 7.33. The second kappa shape index (κ2) is 3.09. The predicted molar refractivity (Wildman–Crippen MR) is 56.5 cm³/mol. The molecule has 0 spiro atoms. The Labute approximate surface area is 89.2 Å². The van der Waals surface area contributed by atoms with Crippen molar-refractivity contribution in [1.29, 1.82) is 0 Å². The van der Waals surface area contributed by atoms with E-state index < -0.39 is 0 Å². The van der Waals surface area contributed by atoms with Gasteiger partial charge in [-0.1, -0.05) is 24.3 Å². The lowest BCUT2D eigenvalue weighted by molar-refractivity contribution is -0.145. The molecule has 0 heterocycles. The molecule has 0 aliphatic heterocycles. The third-order valence-corrected chi connectivity index (χ3v) is 3.60. The fourth-order valence-electron chi connectivity index (χ4n) is 2.91. The molecule has 0 N–H and O–H groups in total. The van der Waals surface area contributed by atoms with Crippen molar-refractivity contribution in [3.63, 3.8) is 0 Å². The minimum absolute atomic E-state index is 0.00185. The van der Waals surface area contributed by atoms with Crippen molar-refractivity contribution >= 4 is 5.97 Å². The van der Waals surface area contributed by atoms with E-state index in [1.54, 1.807) is 0 Å². The molecule has 0 bridgehead atoms. The standard InChI is InChI=1S/C13H14O2/c1-2-15-13(14)12-10-7-8-5-3-4-6-9(8)11(10)12/h3-6,10-12H,2,7H2,1H3/t10-,11+,12?/m0/s1. The molecule has 1 fully saturated rings. The minimum Gasteiger partial charge on any atom is -0.466 e. The predicted octanol–water partition coefficient (Wildman–Crippen LogP) is 2.14. The van der Waals surface area contributed by atoms with Crippen LogP contribution < -0.4 is 0 Å². The molecular weight excluding hydrogens is 188 g/mol. The molecule has 1 aromatic rings. The van der Waals surface area contributed by atoms with Gasteiger partial charge in [0.2, 0.25) is 0 Å². The highest BCUT2D eigenvalue weighted by molar-refractivity contribution is 5.79. The average molecular weight is 202 g/mol. The van der Waals surface area contributed by atoms with Crippen LogP contribution in [0.5, 0.6) is 0 Å². The fraction of sp³-hybridized carbons (Fsp3) is 0.462. The first-order valence-corrected chi connectivity index (χ1v) is 5.57. The maximum atomic E-state index is 11.6. The molecule has 3 atom stereocenters. The molecule has 2 nitrogen and oxygen atoms in total. The van der Waals surface area contributed by atoms with Crippen LogP contribution in [0.15, 0.2) is 24.3 Å². The Balaban J connectivity index is 1.81. The monoisotopic (exact) mass is 202 g/mol. The van der Waals surface area contributed by atoms with Crippen molar-refractivity contribution in [2.45, 2.75) is 19.3 Å². The maximum absolute atomic E-state index is 11.6. The van der Waals surface area contributed by atoms with Crippen molar-refractivity contribution in [2.24, 2.45) is 11.8 Å². The summed E-state index contributed by atoms with van der Waals surface area (Å²) in [6.07, 6.45) is 1.06. The zero-order chi connectivity index (χ0) is 10.4. The molecule has 0 saturated heterocycles. The molecule has 2 aliphatic rings. The van der Waals surface area contributed by atoms with E-state index in [-0.39, 0.29) is 11.9 Å². The highest BCUT2D eigenvalue weighted by atomic mass is 16.5. The van der Waals surface area contributed by atoms with Gasteiger partial charge in [-0.05, 0) is 30.4 Å². The fourth-order valence-corrected chi connectivity index (χ4v) is 2.91. The van der Waals surface area contributed by atoms with Gasteiger partial charge in [-0.25, -0.2) is 0 Å². The first kappa shape index (κ1) is 8.96. The minimum atomic E-state index is 0.00185. The van der Waals surface area contributed by atoms with E-state index in [4.69, 9.17) is 4.74 Å². The number of fused-ring (bicyclic) bond motifs is 3. The zero-order valence-electron chi connectivity index (χ0n) is 8.77. The second-order valence-electron chi connectivity index (χ2n) is 4.37. The summed E-state index contributed by atoms with van der Waals surface area (Å²) in [7, 11) is 0. The highest BCUT2D eigenvalue weighted by Gasteiger charge is 2.59. The summed E-state index contributed by atoms with van der Waals surface area (Å²) < 4.78 is 5.08. The molecule has 1 aromatic carbocycles. The smallest absolute Gasteiger partial charge is 0.309 e. The van der Waals surface area contributed by atoms with E-state index in [0.29, 0.717) is 18.4 Å². The van der Waals surface area contributed by atoms with Crippen LogP contribution in [0, 0.1) is 11.8 Å². The van der Waals surface area contributed by atoms with Gasteiger partial charge in [0.05, 0.1) is 12.5 Å². The normalized spacial score (nSPS) is 30.6. The number of benzene rings is 1. The molecule has 0 aromatic heterocycles.